The maximum absolute atomic E-state index is 10.8. The van der Waals surface area contributed by atoms with Crippen LogP contribution in [0.25, 0.3) is 0 Å². The summed E-state index contributed by atoms with van der Waals surface area (Å²) in [6, 6.07) is 5.87. The van der Waals surface area contributed by atoms with E-state index in [-0.39, 0.29) is 0 Å². The normalized spacial score (nSPS) is 15.9. The number of benzene rings is 1. The number of rotatable bonds is 5. The molecule has 1 aromatic carbocycles. The molecule has 3 nitrogen and oxygen atoms in total. The Morgan fingerprint density at radius 2 is 2.11 bits per heavy atom. The van der Waals surface area contributed by atoms with Crippen molar-refractivity contribution >= 4 is 27.9 Å². The number of carbonyl (C=O) groups excluding carboxylic acids is 1. The maximum Gasteiger partial charge on any atom is 0.151 e. The minimum Gasteiger partial charge on any atom is -0.373 e. The predicted molar refractivity (Wildman–Crippen MR) is 78.5 cm³/mol. The van der Waals surface area contributed by atoms with Crippen molar-refractivity contribution in [2.75, 3.05) is 38.1 Å². The van der Waals surface area contributed by atoms with Gasteiger partial charge in [-0.2, -0.15) is 0 Å². The van der Waals surface area contributed by atoms with Gasteiger partial charge in [-0.3, -0.25) is 4.79 Å². The fourth-order valence-corrected chi connectivity index (χ4v) is 2.74. The summed E-state index contributed by atoms with van der Waals surface area (Å²) in [4.78, 5) is 15.5. The quantitative estimate of drug-likeness (QED) is 0.781. The van der Waals surface area contributed by atoms with Gasteiger partial charge >= 0.3 is 0 Å². The van der Waals surface area contributed by atoms with E-state index in [1.807, 2.05) is 18.2 Å². The third-order valence-corrected chi connectivity index (χ3v) is 4.19. The topological polar surface area (TPSA) is 23.6 Å². The van der Waals surface area contributed by atoms with Crippen molar-refractivity contribution < 1.29 is 4.79 Å². The zero-order chi connectivity index (χ0) is 13.0. The highest BCUT2D eigenvalue weighted by Crippen LogP contribution is 2.22. The number of nitrogens with zero attached hydrogens (tertiary/aromatic N) is 2. The van der Waals surface area contributed by atoms with Crippen molar-refractivity contribution in [2.24, 2.45) is 0 Å². The van der Waals surface area contributed by atoms with Crippen LogP contribution in [0.2, 0.25) is 0 Å². The fraction of sp³-hybridized carbons (Fsp3) is 0.500. The Kier molecular flexibility index (Phi) is 4.78. The van der Waals surface area contributed by atoms with Crippen LogP contribution in [0.4, 0.5) is 5.69 Å². The van der Waals surface area contributed by atoms with Crippen LogP contribution in [0.5, 0.6) is 0 Å². The van der Waals surface area contributed by atoms with Gasteiger partial charge in [0.1, 0.15) is 0 Å². The summed E-state index contributed by atoms with van der Waals surface area (Å²) >= 11 is 3.42. The van der Waals surface area contributed by atoms with Gasteiger partial charge < -0.3 is 9.80 Å². The molecule has 1 aliphatic rings. The van der Waals surface area contributed by atoms with Crippen LogP contribution in [0.1, 0.15) is 23.2 Å². The Bertz CT molecular complexity index is 416. The first-order chi connectivity index (χ1) is 8.70. The van der Waals surface area contributed by atoms with E-state index >= 15 is 0 Å². The lowest BCUT2D eigenvalue weighted by atomic mass is 10.2. The Labute approximate surface area is 117 Å². The fourth-order valence-electron chi connectivity index (χ4n) is 2.28. The van der Waals surface area contributed by atoms with Gasteiger partial charge in [-0.15, -0.1) is 0 Å². The molecule has 98 valence electrons. The summed E-state index contributed by atoms with van der Waals surface area (Å²) in [5.41, 5.74) is 1.85. The predicted octanol–water partition coefficient (Wildman–Crippen LogP) is 2.79. The molecule has 0 saturated carbocycles. The molecule has 0 bridgehead atoms. The number of halogens is 1. The molecule has 0 unspecified atom stereocenters. The molecule has 1 heterocycles. The van der Waals surface area contributed by atoms with Crippen LogP contribution in [0, 0.1) is 0 Å². The molecule has 0 aliphatic carbocycles. The highest BCUT2D eigenvalue weighted by atomic mass is 79.9. The molecule has 1 aromatic rings. The molecule has 0 N–H and O–H groups in total. The first-order valence-electron chi connectivity index (χ1n) is 6.39. The monoisotopic (exact) mass is 310 g/mol. The van der Waals surface area contributed by atoms with Crippen LogP contribution >= 0.6 is 15.9 Å². The Morgan fingerprint density at radius 3 is 2.72 bits per heavy atom. The van der Waals surface area contributed by atoms with E-state index in [0.29, 0.717) is 5.56 Å². The van der Waals surface area contributed by atoms with E-state index in [1.54, 1.807) is 0 Å². The molecule has 1 aliphatic heterocycles. The number of hydrogen-bond acceptors (Lipinski definition) is 3. The maximum atomic E-state index is 10.8. The SMILES string of the molecule is CN(CCN1CCCC1)c1ccc(C=O)c(Br)c1. The summed E-state index contributed by atoms with van der Waals surface area (Å²) in [7, 11) is 2.10. The number of hydrogen-bond donors (Lipinski definition) is 0. The second kappa shape index (κ2) is 6.34. The molecule has 0 aromatic heterocycles. The molecule has 4 heteroatoms. The van der Waals surface area contributed by atoms with Crippen molar-refractivity contribution in [3.05, 3.63) is 28.2 Å². The van der Waals surface area contributed by atoms with Crippen LogP contribution in [0.3, 0.4) is 0 Å². The molecule has 2 rings (SSSR count). The summed E-state index contributed by atoms with van der Waals surface area (Å²) in [5.74, 6) is 0. The van der Waals surface area contributed by atoms with Crippen molar-refractivity contribution in [1.29, 1.82) is 0 Å². The highest BCUT2D eigenvalue weighted by Gasteiger charge is 2.12. The van der Waals surface area contributed by atoms with Gasteiger partial charge in [-0.05, 0) is 60.1 Å². The van der Waals surface area contributed by atoms with Crippen LogP contribution in [-0.4, -0.2) is 44.4 Å². The minimum atomic E-state index is 0.701. The highest BCUT2D eigenvalue weighted by molar-refractivity contribution is 9.10. The first kappa shape index (κ1) is 13.6. The number of aldehydes is 1. The van der Waals surface area contributed by atoms with Crippen molar-refractivity contribution in [1.82, 2.24) is 4.90 Å². The Balaban J connectivity index is 1.93. The van der Waals surface area contributed by atoms with Crippen LogP contribution < -0.4 is 4.90 Å². The smallest absolute Gasteiger partial charge is 0.151 e. The average molecular weight is 311 g/mol. The van der Waals surface area contributed by atoms with Crippen molar-refractivity contribution in [3.63, 3.8) is 0 Å². The number of likely N-dealkylation sites (tertiary alicyclic amines) is 1. The standard InChI is InChI=1S/C14H19BrN2O/c1-16(8-9-17-6-2-3-7-17)13-5-4-12(11-18)14(15)10-13/h4-5,10-11H,2-3,6-9H2,1H3. The minimum absolute atomic E-state index is 0.701. The number of carbonyl (C=O) groups is 1. The summed E-state index contributed by atoms with van der Waals surface area (Å²) in [6.07, 6.45) is 3.55. The van der Waals surface area contributed by atoms with Crippen LogP contribution in [-0.2, 0) is 0 Å². The summed E-state index contributed by atoms with van der Waals surface area (Å²) in [5, 5.41) is 0. The van der Waals surface area contributed by atoms with Gasteiger partial charge in [-0.25, -0.2) is 0 Å². The molecule has 1 fully saturated rings. The molecule has 18 heavy (non-hydrogen) atoms. The van der Waals surface area contributed by atoms with Gasteiger partial charge in [0.2, 0.25) is 0 Å². The molecular weight excluding hydrogens is 292 g/mol. The van der Waals surface area contributed by atoms with Crippen molar-refractivity contribution in [3.8, 4) is 0 Å². The van der Waals surface area contributed by atoms with Gasteiger partial charge in [0, 0.05) is 35.9 Å². The summed E-state index contributed by atoms with van der Waals surface area (Å²) in [6.45, 7) is 4.61. The van der Waals surface area contributed by atoms with E-state index < -0.39 is 0 Å². The van der Waals surface area contributed by atoms with E-state index in [1.165, 1.54) is 25.9 Å². The van der Waals surface area contributed by atoms with Gasteiger partial charge in [-0.1, -0.05) is 0 Å². The second-order valence-corrected chi connectivity index (χ2v) is 5.65. The van der Waals surface area contributed by atoms with Gasteiger partial charge in [0.25, 0.3) is 0 Å². The van der Waals surface area contributed by atoms with E-state index in [4.69, 9.17) is 0 Å². The van der Waals surface area contributed by atoms with E-state index in [9.17, 15) is 4.79 Å². The Morgan fingerprint density at radius 1 is 1.39 bits per heavy atom. The van der Waals surface area contributed by atoms with E-state index in [0.717, 1.165) is 29.5 Å². The molecule has 0 atom stereocenters. The van der Waals surface area contributed by atoms with Gasteiger partial charge in [0.05, 0.1) is 0 Å². The van der Waals surface area contributed by atoms with Crippen LogP contribution in [0.15, 0.2) is 22.7 Å². The Hall–Kier alpha value is -0.870. The lowest BCUT2D eigenvalue weighted by molar-refractivity contribution is 0.112. The molecule has 0 radical (unpaired) electrons. The molecule has 0 amide bonds. The zero-order valence-corrected chi connectivity index (χ0v) is 12.3. The number of likely N-dealkylation sites (N-methyl/N-ethyl adjacent to an activating group) is 1. The molecule has 0 spiro atoms. The average Bonchev–Trinajstić information content (AvgIpc) is 2.89. The lowest BCUT2D eigenvalue weighted by Crippen LogP contribution is -2.31. The largest absolute Gasteiger partial charge is 0.373 e. The lowest BCUT2D eigenvalue weighted by Gasteiger charge is -2.23. The van der Waals surface area contributed by atoms with Crippen molar-refractivity contribution in [2.45, 2.75) is 12.8 Å². The first-order valence-corrected chi connectivity index (χ1v) is 7.18. The number of anilines is 1. The third kappa shape index (κ3) is 3.33. The second-order valence-electron chi connectivity index (χ2n) is 4.79. The zero-order valence-electron chi connectivity index (χ0n) is 10.7. The molecular formula is C14H19BrN2O. The van der Waals surface area contributed by atoms with E-state index in [2.05, 4.69) is 32.8 Å². The third-order valence-electron chi connectivity index (χ3n) is 3.50. The summed E-state index contributed by atoms with van der Waals surface area (Å²) < 4.78 is 0.864. The van der Waals surface area contributed by atoms with Gasteiger partial charge in [0.15, 0.2) is 6.29 Å². The molecule has 1 saturated heterocycles.